The summed E-state index contributed by atoms with van der Waals surface area (Å²) in [4.78, 5) is 4.57. The lowest BCUT2D eigenvalue weighted by Crippen LogP contribution is -2.30. The number of pyridine rings is 1. The van der Waals surface area contributed by atoms with Crippen LogP contribution in [-0.2, 0) is 23.1 Å². The predicted octanol–water partition coefficient (Wildman–Crippen LogP) is 4.63. The van der Waals surface area contributed by atoms with Crippen molar-refractivity contribution >= 4 is 20.9 Å². The first-order valence-corrected chi connectivity index (χ1v) is 10.5. The molecule has 5 heteroatoms. The Hall–Kier alpha value is -3.02. The minimum Gasteiger partial charge on any atom is -0.255 e. The van der Waals surface area contributed by atoms with Crippen molar-refractivity contribution in [3.63, 3.8) is 0 Å². The van der Waals surface area contributed by atoms with Crippen molar-refractivity contribution in [1.29, 1.82) is 0 Å². The van der Waals surface area contributed by atoms with Crippen LogP contribution in [0.1, 0.15) is 11.1 Å². The second kappa shape index (κ2) is 7.92. The van der Waals surface area contributed by atoms with Gasteiger partial charge in [0.05, 0.1) is 5.52 Å². The topological polar surface area (TPSA) is 50.3 Å². The molecule has 0 spiro atoms. The van der Waals surface area contributed by atoms with Gasteiger partial charge in [-0.05, 0) is 23.3 Å². The molecule has 0 saturated heterocycles. The van der Waals surface area contributed by atoms with E-state index in [2.05, 4.69) is 4.98 Å². The molecular weight excluding hydrogens is 368 g/mol. The van der Waals surface area contributed by atoms with Gasteiger partial charge in [0.15, 0.2) is 0 Å². The van der Waals surface area contributed by atoms with Gasteiger partial charge in [-0.25, -0.2) is 8.42 Å². The van der Waals surface area contributed by atoms with Gasteiger partial charge in [0, 0.05) is 24.7 Å². The summed E-state index contributed by atoms with van der Waals surface area (Å²) >= 11 is 0. The normalized spacial score (nSPS) is 11.8. The fourth-order valence-electron chi connectivity index (χ4n) is 3.22. The number of para-hydroxylation sites is 1. The van der Waals surface area contributed by atoms with E-state index in [1.54, 1.807) is 18.3 Å². The lowest BCUT2D eigenvalue weighted by molar-refractivity contribution is 0.401. The fraction of sp³-hybridized carbons (Fsp3) is 0.0870. The van der Waals surface area contributed by atoms with Crippen molar-refractivity contribution in [1.82, 2.24) is 9.29 Å². The number of hydrogen-bond acceptors (Lipinski definition) is 3. The molecule has 0 unspecified atom stereocenters. The molecule has 140 valence electrons. The van der Waals surface area contributed by atoms with Crippen molar-refractivity contribution in [3.05, 3.63) is 108 Å². The van der Waals surface area contributed by atoms with Crippen molar-refractivity contribution in [2.45, 2.75) is 18.0 Å². The van der Waals surface area contributed by atoms with Crippen LogP contribution in [0.25, 0.3) is 10.9 Å². The van der Waals surface area contributed by atoms with E-state index in [0.717, 1.165) is 16.5 Å². The molecule has 0 aliphatic carbocycles. The van der Waals surface area contributed by atoms with Crippen molar-refractivity contribution < 1.29 is 8.42 Å². The Morgan fingerprint density at radius 1 is 0.679 bits per heavy atom. The number of fused-ring (bicyclic) bond motifs is 1. The molecule has 4 aromatic rings. The minimum atomic E-state index is -3.75. The third-order valence-electron chi connectivity index (χ3n) is 4.62. The molecule has 0 bridgehead atoms. The van der Waals surface area contributed by atoms with Gasteiger partial charge >= 0.3 is 0 Å². The van der Waals surface area contributed by atoms with E-state index in [-0.39, 0.29) is 4.90 Å². The molecule has 0 aliphatic heterocycles. The summed E-state index contributed by atoms with van der Waals surface area (Å²) in [5.74, 6) is 0. The molecule has 0 amide bonds. The monoisotopic (exact) mass is 388 g/mol. The summed E-state index contributed by atoms with van der Waals surface area (Å²) < 4.78 is 28.8. The highest BCUT2D eigenvalue weighted by Gasteiger charge is 2.27. The highest BCUT2D eigenvalue weighted by molar-refractivity contribution is 7.89. The third-order valence-corrected chi connectivity index (χ3v) is 6.44. The molecule has 0 aliphatic rings. The summed E-state index contributed by atoms with van der Waals surface area (Å²) in [6.45, 7) is 0.586. The number of benzene rings is 3. The number of aromatic nitrogens is 1. The van der Waals surface area contributed by atoms with E-state index in [9.17, 15) is 8.42 Å². The van der Waals surface area contributed by atoms with Gasteiger partial charge in [-0.2, -0.15) is 4.31 Å². The van der Waals surface area contributed by atoms with Crippen molar-refractivity contribution in [2.24, 2.45) is 0 Å². The minimum absolute atomic E-state index is 0.234. The Morgan fingerprint density at radius 3 is 1.86 bits per heavy atom. The van der Waals surface area contributed by atoms with Gasteiger partial charge in [0.2, 0.25) is 10.0 Å². The maximum Gasteiger partial charge on any atom is 0.245 e. The van der Waals surface area contributed by atoms with E-state index in [0.29, 0.717) is 18.6 Å². The van der Waals surface area contributed by atoms with E-state index < -0.39 is 10.0 Å². The first kappa shape index (κ1) is 18.3. The molecule has 0 saturated carbocycles. The van der Waals surface area contributed by atoms with Crippen molar-refractivity contribution in [3.8, 4) is 0 Å². The highest BCUT2D eigenvalue weighted by Crippen LogP contribution is 2.26. The van der Waals surface area contributed by atoms with E-state index in [1.165, 1.54) is 4.31 Å². The average Bonchev–Trinajstić information content (AvgIpc) is 2.74. The van der Waals surface area contributed by atoms with Crippen LogP contribution in [0.3, 0.4) is 0 Å². The lowest BCUT2D eigenvalue weighted by Gasteiger charge is -2.23. The molecule has 0 radical (unpaired) electrons. The maximum atomic E-state index is 13.6. The highest BCUT2D eigenvalue weighted by atomic mass is 32.2. The summed E-state index contributed by atoms with van der Waals surface area (Å²) in [5.41, 5.74) is 2.38. The van der Waals surface area contributed by atoms with Crippen LogP contribution >= 0.6 is 0 Å². The van der Waals surface area contributed by atoms with Crippen LogP contribution in [0.5, 0.6) is 0 Å². The zero-order valence-corrected chi connectivity index (χ0v) is 16.1. The molecule has 0 atom stereocenters. The lowest BCUT2D eigenvalue weighted by atomic mass is 10.2. The molecule has 1 aromatic heterocycles. The largest absolute Gasteiger partial charge is 0.255 e. The van der Waals surface area contributed by atoms with Gasteiger partial charge < -0.3 is 0 Å². The molecule has 4 nitrogen and oxygen atoms in total. The molecule has 3 aromatic carbocycles. The van der Waals surface area contributed by atoms with Gasteiger partial charge in [-0.3, -0.25) is 4.98 Å². The number of rotatable bonds is 6. The molecular formula is C23H20N2O2S. The van der Waals surface area contributed by atoms with Gasteiger partial charge in [0.25, 0.3) is 0 Å². The van der Waals surface area contributed by atoms with Crippen LogP contribution in [0, 0.1) is 0 Å². The number of nitrogens with zero attached hydrogens (tertiary/aromatic N) is 2. The Morgan fingerprint density at radius 2 is 1.25 bits per heavy atom. The Bertz CT molecular complexity index is 1130. The van der Waals surface area contributed by atoms with E-state index in [1.807, 2.05) is 78.9 Å². The third kappa shape index (κ3) is 3.81. The van der Waals surface area contributed by atoms with E-state index >= 15 is 0 Å². The van der Waals surface area contributed by atoms with Crippen LogP contribution < -0.4 is 0 Å². The smallest absolute Gasteiger partial charge is 0.245 e. The zero-order chi connectivity index (χ0) is 19.4. The number of hydrogen-bond donors (Lipinski definition) is 0. The summed E-state index contributed by atoms with van der Waals surface area (Å²) in [5, 5.41) is 0.808. The van der Waals surface area contributed by atoms with Crippen LogP contribution in [0.15, 0.2) is 102 Å². The van der Waals surface area contributed by atoms with E-state index in [4.69, 9.17) is 0 Å². The molecule has 0 fully saturated rings. The van der Waals surface area contributed by atoms with Gasteiger partial charge in [-0.15, -0.1) is 0 Å². The molecule has 1 heterocycles. The van der Waals surface area contributed by atoms with Crippen LogP contribution in [-0.4, -0.2) is 17.7 Å². The van der Waals surface area contributed by atoms with Gasteiger partial charge in [0.1, 0.15) is 4.90 Å². The van der Waals surface area contributed by atoms with Gasteiger partial charge in [-0.1, -0.05) is 78.9 Å². The SMILES string of the molecule is O=S(=O)(c1cccc2cccnc12)N(Cc1ccccc1)Cc1ccccc1. The first-order valence-electron chi connectivity index (χ1n) is 9.06. The standard InChI is InChI=1S/C23H20N2O2S/c26-28(27,22-15-7-13-21-14-8-16-24-23(21)22)25(17-19-9-3-1-4-10-19)18-20-11-5-2-6-12-20/h1-16H,17-18H2. The second-order valence-electron chi connectivity index (χ2n) is 6.58. The second-order valence-corrected chi connectivity index (χ2v) is 8.48. The summed E-state index contributed by atoms with van der Waals surface area (Å²) in [6, 6.07) is 28.2. The molecule has 4 rings (SSSR count). The predicted molar refractivity (Wildman–Crippen MR) is 111 cm³/mol. The zero-order valence-electron chi connectivity index (χ0n) is 15.3. The quantitative estimate of drug-likeness (QED) is 0.484. The summed E-state index contributed by atoms with van der Waals surface area (Å²) in [6.07, 6.45) is 1.63. The van der Waals surface area contributed by atoms with Crippen LogP contribution in [0.2, 0.25) is 0 Å². The fourth-order valence-corrected chi connectivity index (χ4v) is 4.81. The van der Waals surface area contributed by atoms with Crippen molar-refractivity contribution in [2.75, 3.05) is 0 Å². The first-order chi connectivity index (χ1) is 13.6. The maximum absolute atomic E-state index is 13.6. The Kier molecular flexibility index (Phi) is 5.19. The Labute approximate surface area is 165 Å². The average molecular weight is 388 g/mol. The molecule has 28 heavy (non-hydrogen) atoms. The summed E-state index contributed by atoms with van der Waals surface area (Å²) in [7, 11) is -3.75. The molecule has 0 N–H and O–H groups in total. The van der Waals surface area contributed by atoms with Crippen LogP contribution in [0.4, 0.5) is 0 Å². The number of sulfonamides is 1. The Balaban J connectivity index is 1.79.